The highest BCUT2D eigenvalue weighted by molar-refractivity contribution is 6.04. The molecule has 0 aliphatic carbocycles. The van der Waals surface area contributed by atoms with Gasteiger partial charge in [-0.25, -0.2) is 0 Å². The van der Waals surface area contributed by atoms with Crippen molar-refractivity contribution in [3.05, 3.63) is 71.8 Å². The van der Waals surface area contributed by atoms with Gasteiger partial charge in [0, 0.05) is 5.56 Å². The van der Waals surface area contributed by atoms with Crippen molar-refractivity contribution in [3.8, 4) is 0 Å². The summed E-state index contributed by atoms with van der Waals surface area (Å²) in [5, 5.41) is 0. The molecule has 0 heterocycles. The number of nitrogens with zero attached hydrogens (tertiary/aromatic N) is 1. The summed E-state index contributed by atoms with van der Waals surface area (Å²) in [7, 11) is 0. The Hall–Kier alpha value is -2.10. The third-order valence-electron chi connectivity index (χ3n) is 2.92. The molecule has 2 aromatic carbocycles. The third-order valence-corrected chi connectivity index (χ3v) is 2.92. The molecule has 1 unspecified atom stereocenters. The summed E-state index contributed by atoms with van der Waals surface area (Å²) in [4.78, 5) is 3.88. The van der Waals surface area contributed by atoms with E-state index in [9.17, 15) is 13.2 Å². The van der Waals surface area contributed by atoms with Gasteiger partial charge in [-0.15, -0.1) is 0 Å². The van der Waals surface area contributed by atoms with Gasteiger partial charge in [0.15, 0.2) is 0 Å². The average molecular weight is 277 g/mol. The Bertz CT molecular complexity index is 574. The Morgan fingerprint density at radius 3 is 1.90 bits per heavy atom. The van der Waals surface area contributed by atoms with Crippen LogP contribution in [0.25, 0.3) is 0 Å². The molecule has 20 heavy (non-hydrogen) atoms. The first-order valence-corrected chi connectivity index (χ1v) is 6.24. The van der Waals surface area contributed by atoms with Gasteiger partial charge in [0.2, 0.25) is 0 Å². The first-order valence-electron chi connectivity index (χ1n) is 6.24. The van der Waals surface area contributed by atoms with E-state index < -0.39 is 17.9 Å². The lowest BCUT2D eigenvalue weighted by Gasteiger charge is -2.14. The molecular formula is C16H14F3N. The van der Waals surface area contributed by atoms with Crippen LogP contribution in [0.2, 0.25) is 0 Å². The second-order valence-electron chi connectivity index (χ2n) is 4.43. The number of halogens is 3. The summed E-state index contributed by atoms with van der Waals surface area (Å²) < 4.78 is 39.5. The predicted molar refractivity (Wildman–Crippen MR) is 73.9 cm³/mol. The number of hydrogen-bond donors (Lipinski definition) is 0. The summed E-state index contributed by atoms with van der Waals surface area (Å²) in [5.41, 5.74) is 0.00224. The molecule has 2 rings (SSSR count). The molecule has 0 bridgehead atoms. The van der Waals surface area contributed by atoms with E-state index in [4.69, 9.17) is 0 Å². The number of alkyl halides is 3. The van der Waals surface area contributed by atoms with Crippen molar-refractivity contribution in [1.82, 2.24) is 0 Å². The van der Waals surface area contributed by atoms with Crippen molar-refractivity contribution in [1.29, 1.82) is 0 Å². The standard InChI is InChI=1S/C16H14F3N/c1-12(13-8-4-2-5-9-13)20-15(16(17,18)19)14-10-6-3-7-11-14/h2-12H,1H3. The maximum atomic E-state index is 13.2. The van der Waals surface area contributed by atoms with Crippen molar-refractivity contribution in [2.45, 2.75) is 19.1 Å². The molecule has 0 saturated heterocycles. The molecule has 0 N–H and O–H groups in total. The van der Waals surface area contributed by atoms with Crippen molar-refractivity contribution >= 4 is 5.71 Å². The summed E-state index contributed by atoms with van der Waals surface area (Å²) >= 11 is 0. The average Bonchev–Trinajstić information content (AvgIpc) is 2.45. The second-order valence-corrected chi connectivity index (χ2v) is 4.43. The molecule has 0 radical (unpaired) electrons. The highest BCUT2D eigenvalue weighted by Gasteiger charge is 2.37. The van der Waals surface area contributed by atoms with Gasteiger partial charge >= 0.3 is 6.18 Å². The molecule has 0 fully saturated rings. The molecule has 0 aliphatic rings. The fourth-order valence-corrected chi connectivity index (χ4v) is 1.91. The van der Waals surface area contributed by atoms with Crippen LogP contribution < -0.4 is 0 Å². The molecule has 4 heteroatoms. The minimum atomic E-state index is -4.47. The fourth-order valence-electron chi connectivity index (χ4n) is 1.91. The van der Waals surface area contributed by atoms with E-state index in [0.29, 0.717) is 0 Å². The van der Waals surface area contributed by atoms with Crippen molar-refractivity contribution < 1.29 is 13.2 Å². The quantitative estimate of drug-likeness (QED) is 0.715. The number of aliphatic imine (C=N–C) groups is 1. The Kier molecular flexibility index (Phi) is 4.23. The topological polar surface area (TPSA) is 12.4 Å². The van der Waals surface area contributed by atoms with Gasteiger partial charge in [-0.2, -0.15) is 13.2 Å². The molecule has 0 spiro atoms. The van der Waals surface area contributed by atoms with E-state index in [0.717, 1.165) is 5.56 Å². The predicted octanol–water partition coefficient (Wildman–Crippen LogP) is 4.80. The van der Waals surface area contributed by atoms with Gasteiger partial charge in [0.05, 0.1) is 6.04 Å². The highest BCUT2D eigenvalue weighted by Crippen LogP contribution is 2.26. The number of hydrogen-bond acceptors (Lipinski definition) is 1. The minimum Gasteiger partial charge on any atom is -0.272 e. The Morgan fingerprint density at radius 2 is 1.40 bits per heavy atom. The molecule has 2 aromatic rings. The maximum Gasteiger partial charge on any atom is 0.433 e. The molecular weight excluding hydrogens is 263 g/mol. The summed E-state index contributed by atoms with van der Waals surface area (Å²) in [6, 6.07) is 16.1. The van der Waals surface area contributed by atoms with E-state index in [-0.39, 0.29) is 5.56 Å². The smallest absolute Gasteiger partial charge is 0.272 e. The summed E-state index contributed by atoms with van der Waals surface area (Å²) in [6.45, 7) is 1.66. The van der Waals surface area contributed by atoms with Crippen LogP contribution in [0.15, 0.2) is 65.7 Å². The lowest BCUT2D eigenvalue weighted by Crippen LogP contribution is -2.24. The minimum absolute atomic E-state index is 0.0859. The summed E-state index contributed by atoms with van der Waals surface area (Å²) in [6.07, 6.45) is -4.47. The van der Waals surface area contributed by atoms with Crippen LogP contribution in [0, 0.1) is 0 Å². The first-order chi connectivity index (χ1) is 9.48. The van der Waals surface area contributed by atoms with E-state index in [2.05, 4.69) is 4.99 Å². The SMILES string of the molecule is CC(N=C(c1ccccc1)C(F)(F)F)c1ccccc1. The lowest BCUT2D eigenvalue weighted by atomic mass is 10.1. The molecule has 0 amide bonds. The molecule has 104 valence electrons. The van der Waals surface area contributed by atoms with Gasteiger partial charge < -0.3 is 0 Å². The van der Waals surface area contributed by atoms with Crippen LogP contribution in [0.4, 0.5) is 13.2 Å². The van der Waals surface area contributed by atoms with Crippen LogP contribution >= 0.6 is 0 Å². The van der Waals surface area contributed by atoms with Crippen LogP contribution in [-0.2, 0) is 0 Å². The maximum absolute atomic E-state index is 13.2. The molecule has 1 nitrogen and oxygen atoms in total. The van der Waals surface area contributed by atoms with Gasteiger partial charge in [-0.05, 0) is 12.5 Å². The van der Waals surface area contributed by atoms with Gasteiger partial charge in [0.25, 0.3) is 0 Å². The van der Waals surface area contributed by atoms with Gasteiger partial charge in [0.1, 0.15) is 5.71 Å². The van der Waals surface area contributed by atoms with Gasteiger partial charge in [-0.3, -0.25) is 4.99 Å². The largest absolute Gasteiger partial charge is 0.433 e. The Morgan fingerprint density at radius 1 is 0.900 bits per heavy atom. The van der Waals surface area contributed by atoms with E-state index >= 15 is 0 Å². The van der Waals surface area contributed by atoms with Crippen molar-refractivity contribution in [2.75, 3.05) is 0 Å². The monoisotopic (exact) mass is 277 g/mol. The lowest BCUT2D eigenvalue weighted by molar-refractivity contribution is -0.0584. The molecule has 0 saturated carbocycles. The highest BCUT2D eigenvalue weighted by atomic mass is 19.4. The molecule has 0 aliphatic heterocycles. The number of rotatable bonds is 3. The zero-order chi connectivity index (χ0) is 14.6. The Balaban J connectivity index is 2.40. The Labute approximate surface area is 115 Å². The normalized spacial score (nSPS) is 14.1. The van der Waals surface area contributed by atoms with Crippen molar-refractivity contribution in [2.24, 2.45) is 4.99 Å². The zero-order valence-corrected chi connectivity index (χ0v) is 10.9. The van der Waals surface area contributed by atoms with Gasteiger partial charge in [-0.1, -0.05) is 60.7 Å². The molecule has 1 atom stereocenters. The fraction of sp³-hybridized carbons (Fsp3) is 0.188. The van der Waals surface area contributed by atoms with E-state index in [1.54, 1.807) is 49.4 Å². The zero-order valence-electron chi connectivity index (χ0n) is 10.9. The molecule has 0 aromatic heterocycles. The van der Waals surface area contributed by atoms with Crippen LogP contribution in [0.1, 0.15) is 24.1 Å². The van der Waals surface area contributed by atoms with E-state index in [1.165, 1.54) is 12.1 Å². The first kappa shape index (κ1) is 14.3. The van der Waals surface area contributed by atoms with E-state index in [1.807, 2.05) is 6.07 Å². The van der Waals surface area contributed by atoms with Crippen molar-refractivity contribution in [3.63, 3.8) is 0 Å². The second kappa shape index (κ2) is 5.90. The number of benzene rings is 2. The summed E-state index contributed by atoms with van der Waals surface area (Å²) in [5.74, 6) is 0. The third kappa shape index (κ3) is 3.47. The van der Waals surface area contributed by atoms with Crippen LogP contribution in [0.5, 0.6) is 0 Å². The van der Waals surface area contributed by atoms with Crippen LogP contribution in [-0.4, -0.2) is 11.9 Å². The van der Waals surface area contributed by atoms with Crippen LogP contribution in [0.3, 0.4) is 0 Å².